The number of hydrogen-bond acceptors (Lipinski definition) is 2. The summed E-state index contributed by atoms with van der Waals surface area (Å²) in [6.07, 6.45) is 2.27. The largest absolute Gasteiger partial charge is 0.508 e. The summed E-state index contributed by atoms with van der Waals surface area (Å²) in [7, 11) is 0. The van der Waals surface area contributed by atoms with E-state index in [4.69, 9.17) is 0 Å². The van der Waals surface area contributed by atoms with Gasteiger partial charge in [-0.2, -0.15) is 0 Å². The summed E-state index contributed by atoms with van der Waals surface area (Å²) in [6.45, 7) is 6.14. The molecule has 84 valence electrons. The number of para-hydroxylation sites is 1. The van der Waals surface area contributed by atoms with Crippen molar-refractivity contribution in [2.75, 3.05) is 13.1 Å². The lowest BCUT2D eigenvalue weighted by Crippen LogP contribution is -2.26. The summed E-state index contributed by atoms with van der Waals surface area (Å²) >= 11 is 0. The topological polar surface area (TPSA) is 32.3 Å². The minimum atomic E-state index is 0.453. The summed E-state index contributed by atoms with van der Waals surface area (Å²) in [5.41, 5.74) is 1.11. The summed E-state index contributed by atoms with van der Waals surface area (Å²) in [5, 5.41) is 13.0. The zero-order valence-corrected chi connectivity index (χ0v) is 9.66. The highest BCUT2D eigenvalue weighted by Gasteiger charge is 2.17. The molecule has 0 aliphatic carbocycles. The number of nitrogens with one attached hydrogen (secondary N) is 1. The van der Waals surface area contributed by atoms with Crippen LogP contribution in [0.5, 0.6) is 5.75 Å². The minimum Gasteiger partial charge on any atom is -0.508 e. The molecule has 1 aliphatic heterocycles. The van der Waals surface area contributed by atoms with E-state index in [0.717, 1.165) is 31.5 Å². The van der Waals surface area contributed by atoms with Gasteiger partial charge < -0.3 is 10.4 Å². The lowest BCUT2D eigenvalue weighted by molar-refractivity contribution is 0.424. The van der Waals surface area contributed by atoms with Gasteiger partial charge in [0.15, 0.2) is 0 Å². The zero-order valence-electron chi connectivity index (χ0n) is 9.66. The van der Waals surface area contributed by atoms with Crippen LogP contribution in [0.1, 0.15) is 38.2 Å². The van der Waals surface area contributed by atoms with Crippen molar-refractivity contribution in [3.63, 3.8) is 0 Å². The van der Waals surface area contributed by atoms with E-state index in [2.05, 4.69) is 5.32 Å². The maximum atomic E-state index is 9.64. The highest BCUT2D eigenvalue weighted by atomic mass is 16.3. The Bertz CT molecular complexity index is 280. The van der Waals surface area contributed by atoms with E-state index in [1.807, 2.05) is 32.0 Å². The second-order valence-electron chi connectivity index (χ2n) is 3.58. The molecule has 2 heteroatoms. The molecule has 0 aromatic heterocycles. The van der Waals surface area contributed by atoms with Crippen LogP contribution in [0.2, 0.25) is 0 Å². The monoisotopic (exact) mass is 207 g/mol. The minimum absolute atomic E-state index is 0.453. The third kappa shape index (κ3) is 3.24. The molecule has 0 atom stereocenters. The second-order valence-corrected chi connectivity index (χ2v) is 3.58. The quantitative estimate of drug-likeness (QED) is 0.742. The Balaban J connectivity index is 0.000000531. The molecule has 0 spiro atoms. The Labute approximate surface area is 92.3 Å². The maximum absolute atomic E-state index is 9.64. The van der Waals surface area contributed by atoms with Crippen LogP contribution in [0.4, 0.5) is 0 Å². The van der Waals surface area contributed by atoms with Gasteiger partial charge >= 0.3 is 0 Å². The first-order valence-electron chi connectivity index (χ1n) is 5.86. The Morgan fingerprint density at radius 2 is 1.73 bits per heavy atom. The lowest BCUT2D eigenvalue weighted by atomic mass is 9.90. The molecular formula is C13H21NO. The smallest absolute Gasteiger partial charge is 0.119 e. The standard InChI is InChI=1S/C11H15NO.C2H6/c13-11-4-2-1-3-10(11)9-5-7-12-8-6-9;1-2/h1-4,9,12-13H,5-8H2;1-2H3. The molecule has 2 rings (SSSR count). The number of benzene rings is 1. The highest BCUT2D eigenvalue weighted by molar-refractivity contribution is 5.35. The maximum Gasteiger partial charge on any atom is 0.119 e. The normalized spacial score (nSPS) is 16.7. The van der Waals surface area contributed by atoms with Gasteiger partial charge in [-0.3, -0.25) is 0 Å². The fourth-order valence-corrected chi connectivity index (χ4v) is 1.97. The molecule has 2 N–H and O–H groups in total. The van der Waals surface area contributed by atoms with Gasteiger partial charge in [-0.25, -0.2) is 0 Å². The summed E-state index contributed by atoms with van der Waals surface area (Å²) in [4.78, 5) is 0. The molecule has 1 aromatic carbocycles. The van der Waals surface area contributed by atoms with Gasteiger partial charge in [0.05, 0.1) is 0 Å². The third-order valence-electron chi connectivity index (χ3n) is 2.72. The number of hydrogen-bond donors (Lipinski definition) is 2. The van der Waals surface area contributed by atoms with Gasteiger partial charge in [0.1, 0.15) is 5.75 Å². The van der Waals surface area contributed by atoms with Crippen molar-refractivity contribution in [3.8, 4) is 5.75 Å². The fourth-order valence-electron chi connectivity index (χ4n) is 1.97. The van der Waals surface area contributed by atoms with Crippen LogP contribution in [0, 0.1) is 0 Å². The van der Waals surface area contributed by atoms with Crippen LogP contribution in [0.25, 0.3) is 0 Å². The molecule has 1 aromatic rings. The van der Waals surface area contributed by atoms with Crippen molar-refractivity contribution < 1.29 is 5.11 Å². The third-order valence-corrected chi connectivity index (χ3v) is 2.72. The predicted molar refractivity (Wildman–Crippen MR) is 64.3 cm³/mol. The Hall–Kier alpha value is -1.02. The van der Waals surface area contributed by atoms with Gasteiger partial charge in [0.25, 0.3) is 0 Å². The van der Waals surface area contributed by atoms with Crippen molar-refractivity contribution in [1.29, 1.82) is 0 Å². The molecule has 2 nitrogen and oxygen atoms in total. The Morgan fingerprint density at radius 1 is 1.13 bits per heavy atom. The average molecular weight is 207 g/mol. The van der Waals surface area contributed by atoms with Crippen LogP contribution >= 0.6 is 0 Å². The second kappa shape index (κ2) is 6.46. The number of piperidine rings is 1. The summed E-state index contributed by atoms with van der Waals surface area (Å²) < 4.78 is 0. The molecule has 15 heavy (non-hydrogen) atoms. The average Bonchev–Trinajstić information content (AvgIpc) is 2.33. The number of aromatic hydroxyl groups is 1. The molecule has 1 fully saturated rings. The van der Waals surface area contributed by atoms with E-state index in [1.54, 1.807) is 6.07 Å². The fraction of sp³-hybridized carbons (Fsp3) is 0.538. The SMILES string of the molecule is CC.Oc1ccccc1C1CCNCC1. The van der Waals surface area contributed by atoms with Gasteiger partial charge in [-0.1, -0.05) is 32.0 Å². The Morgan fingerprint density at radius 3 is 2.33 bits per heavy atom. The molecule has 0 saturated carbocycles. The van der Waals surface area contributed by atoms with Gasteiger partial charge in [-0.15, -0.1) is 0 Å². The van der Waals surface area contributed by atoms with Crippen LogP contribution in [0.3, 0.4) is 0 Å². The van der Waals surface area contributed by atoms with Crippen molar-refractivity contribution in [2.45, 2.75) is 32.6 Å². The molecule has 0 unspecified atom stereocenters. The first kappa shape index (κ1) is 12.1. The van der Waals surface area contributed by atoms with E-state index in [1.165, 1.54) is 0 Å². The van der Waals surface area contributed by atoms with Crippen LogP contribution in [0.15, 0.2) is 24.3 Å². The molecule has 1 heterocycles. The number of phenolic OH excluding ortho intramolecular Hbond substituents is 1. The molecule has 0 radical (unpaired) electrons. The summed E-state index contributed by atoms with van der Waals surface area (Å²) in [5.74, 6) is 0.997. The van der Waals surface area contributed by atoms with Crippen molar-refractivity contribution in [1.82, 2.24) is 5.32 Å². The van der Waals surface area contributed by atoms with E-state index in [9.17, 15) is 5.11 Å². The molecule has 1 aliphatic rings. The summed E-state index contributed by atoms with van der Waals surface area (Å²) in [6, 6.07) is 7.68. The Kier molecular flexibility index (Phi) is 5.19. The van der Waals surface area contributed by atoms with Crippen LogP contribution in [-0.4, -0.2) is 18.2 Å². The van der Waals surface area contributed by atoms with Gasteiger partial charge in [-0.05, 0) is 43.5 Å². The number of rotatable bonds is 1. The van der Waals surface area contributed by atoms with Crippen molar-refractivity contribution >= 4 is 0 Å². The lowest BCUT2D eigenvalue weighted by Gasteiger charge is -2.23. The molecule has 0 amide bonds. The van der Waals surface area contributed by atoms with Crippen molar-refractivity contribution in [3.05, 3.63) is 29.8 Å². The molecule has 0 bridgehead atoms. The van der Waals surface area contributed by atoms with Crippen LogP contribution in [-0.2, 0) is 0 Å². The highest BCUT2D eigenvalue weighted by Crippen LogP contribution is 2.31. The van der Waals surface area contributed by atoms with E-state index >= 15 is 0 Å². The zero-order chi connectivity index (χ0) is 11.1. The first-order chi connectivity index (χ1) is 7.38. The first-order valence-corrected chi connectivity index (χ1v) is 5.86. The predicted octanol–water partition coefficient (Wildman–Crippen LogP) is 2.89. The van der Waals surface area contributed by atoms with Gasteiger partial charge in [0.2, 0.25) is 0 Å². The van der Waals surface area contributed by atoms with Crippen molar-refractivity contribution in [2.24, 2.45) is 0 Å². The van der Waals surface area contributed by atoms with E-state index < -0.39 is 0 Å². The number of phenols is 1. The van der Waals surface area contributed by atoms with Crippen LogP contribution < -0.4 is 5.32 Å². The van der Waals surface area contributed by atoms with E-state index in [-0.39, 0.29) is 0 Å². The molecule has 1 saturated heterocycles. The molecular weight excluding hydrogens is 186 g/mol. The van der Waals surface area contributed by atoms with E-state index in [0.29, 0.717) is 11.7 Å². The van der Waals surface area contributed by atoms with Gasteiger partial charge in [0, 0.05) is 0 Å².